The minimum absolute atomic E-state index is 0.309. The quantitative estimate of drug-likeness (QED) is 0.715. The molecule has 0 aliphatic heterocycles. The molecule has 6 heteroatoms. The maximum absolute atomic E-state index is 13.7. The van der Waals surface area contributed by atoms with Crippen LogP contribution in [0.4, 0.5) is 4.39 Å². The summed E-state index contributed by atoms with van der Waals surface area (Å²) < 4.78 is 13.7. The first-order chi connectivity index (χ1) is 12.0. The highest BCUT2D eigenvalue weighted by Crippen LogP contribution is 2.09. The Labute approximate surface area is 145 Å². The second-order valence-electron chi connectivity index (χ2n) is 5.78. The summed E-state index contributed by atoms with van der Waals surface area (Å²) in [5.41, 5.74) is 0.886. The van der Waals surface area contributed by atoms with E-state index in [1.54, 1.807) is 55.5 Å². The number of carbonyl (C=O) groups is 2. The fourth-order valence-corrected chi connectivity index (χ4v) is 2.41. The second-order valence-corrected chi connectivity index (χ2v) is 5.78. The van der Waals surface area contributed by atoms with Gasteiger partial charge in [0.25, 0.3) is 5.91 Å². The van der Waals surface area contributed by atoms with Gasteiger partial charge in [-0.2, -0.15) is 0 Å². The van der Waals surface area contributed by atoms with Crippen molar-refractivity contribution in [3.05, 3.63) is 71.5 Å². The lowest BCUT2D eigenvalue weighted by atomic mass is 10.1. The van der Waals surface area contributed by atoms with Crippen LogP contribution < -0.4 is 10.6 Å². The first-order valence-corrected chi connectivity index (χ1v) is 8.01. The topological polar surface area (TPSA) is 78.4 Å². The van der Waals surface area contributed by atoms with E-state index >= 15 is 0 Å². The lowest BCUT2D eigenvalue weighted by Gasteiger charge is -2.20. The van der Waals surface area contributed by atoms with E-state index in [9.17, 15) is 19.1 Å². The van der Waals surface area contributed by atoms with Crippen LogP contribution in [0.1, 0.15) is 22.8 Å². The largest absolute Gasteiger partial charge is 0.394 e. The Morgan fingerprint density at radius 3 is 2.32 bits per heavy atom. The van der Waals surface area contributed by atoms with E-state index in [0.29, 0.717) is 17.5 Å². The molecule has 0 fully saturated rings. The molecule has 0 bridgehead atoms. The van der Waals surface area contributed by atoms with Crippen molar-refractivity contribution in [3.63, 3.8) is 0 Å². The molecule has 2 amide bonds. The molecule has 0 saturated heterocycles. The molecule has 0 aromatic heterocycles. The molecular formula is C19H21FN2O3. The van der Waals surface area contributed by atoms with Gasteiger partial charge in [-0.25, -0.2) is 4.39 Å². The van der Waals surface area contributed by atoms with Crippen LogP contribution in [0.2, 0.25) is 0 Å². The first-order valence-electron chi connectivity index (χ1n) is 8.01. The van der Waals surface area contributed by atoms with E-state index in [2.05, 4.69) is 10.6 Å². The number of aliphatic hydroxyl groups is 1. The predicted octanol–water partition coefficient (Wildman–Crippen LogP) is 1.66. The van der Waals surface area contributed by atoms with Crippen LogP contribution in [0.15, 0.2) is 54.6 Å². The molecule has 2 aromatic carbocycles. The number of halogens is 1. The third-order valence-electron chi connectivity index (χ3n) is 3.71. The maximum Gasteiger partial charge on any atom is 0.251 e. The van der Waals surface area contributed by atoms with Crippen molar-refractivity contribution in [3.8, 4) is 0 Å². The van der Waals surface area contributed by atoms with Gasteiger partial charge in [0.1, 0.15) is 11.9 Å². The summed E-state index contributed by atoms with van der Waals surface area (Å²) >= 11 is 0. The average molecular weight is 344 g/mol. The van der Waals surface area contributed by atoms with Crippen LogP contribution in [0, 0.1) is 5.82 Å². The zero-order valence-electron chi connectivity index (χ0n) is 13.9. The van der Waals surface area contributed by atoms with Gasteiger partial charge in [0.2, 0.25) is 5.91 Å². The molecular weight excluding hydrogens is 323 g/mol. The van der Waals surface area contributed by atoms with Crippen LogP contribution in [0.5, 0.6) is 0 Å². The van der Waals surface area contributed by atoms with Gasteiger partial charge < -0.3 is 15.7 Å². The number of amides is 2. The number of carbonyl (C=O) groups excluding carboxylic acids is 2. The molecule has 0 unspecified atom stereocenters. The minimum Gasteiger partial charge on any atom is -0.394 e. The molecule has 0 heterocycles. The molecule has 2 aromatic rings. The van der Waals surface area contributed by atoms with Crippen LogP contribution in [-0.4, -0.2) is 35.6 Å². The molecule has 0 aliphatic rings. The van der Waals surface area contributed by atoms with Crippen molar-refractivity contribution < 1.29 is 19.1 Å². The van der Waals surface area contributed by atoms with Gasteiger partial charge in [0, 0.05) is 11.6 Å². The van der Waals surface area contributed by atoms with E-state index in [1.807, 2.05) is 0 Å². The van der Waals surface area contributed by atoms with Gasteiger partial charge in [-0.1, -0.05) is 36.4 Å². The molecule has 5 nitrogen and oxygen atoms in total. The van der Waals surface area contributed by atoms with Crippen LogP contribution >= 0.6 is 0 Å². The SMILES string of the molecule is C[C@H](Cc1ccccc1F)NC(=O)[C@@H](CO)NC(=O)c1ccccc1. The first kappa shape index (κ1) is 18.6. The molecule has 132 valence electrons. The van der Waals surface area contributed by atoms with Gasteiger partial charge in [0.05, 0.1) is 6.61 Å². The summed E-state index contributed by atoms with van der Waals surface area (Å²) in [4.78, 5) is 24.3. The lowest BCUT2D eigenvalue weighted by Crippen LogP contribution is -2.51. The summed E-state index contributed by atoms with van der Waals surface area (Å²) in [6, 6.07) is 13.3. The Hall–Kier alpha value is -2.73. The van der Waals surface area contributed by atoms with Crippen molar-refractivity contribution in [2.75, 3.05) is 6.61 Å². The Bertz CT molecular complexity index is 722. The lowest BCUT2D eigenvalue weighted by molar-refractivity contribution is -0.124. The van der Waals surface area contributed by atoms with Crippen molar-refractivity contribution in [1.82, 2.24) is 10.6 Å². The molecule has 2 atom stereocenters. The summed E-state index contributed by atoms with van der Waals surface area (Å²) in [5, 5.41) is 14.6. The Morgan fingerprint density at radius 1 is 1.04 bits per heavy atom. The molecule has 3 N–H and O–H groups in total. The highest BCUT2D eigenvalue weighted by atomic mass is 19.1. The molecule has 0 spiro atoms. The van der Waals surface area contributed by atoms with Gasteiger partial charge >= 0.3 is 0 Å². The highest BCUT2D eigenvalue weighted by Gasteiger charge is 2.22. The molecule has 0 radical (unpaired) electrons. The minimum atomic E-state index is -1.07. The number of nitrogens with one attached hydrogen (secondary N) is 2. The van der Waals surface area contributed by atoms with Crippen molar-refractivity contribution in [2.24, 2.45) is 0 Å². The monoisotopic (exact) mass is 344 g/mol. The van der Waals surface area contributed by atoms with Gasteiger partial charge in [-0.05, 0) is 37.1 Å². The average Bonchev–Trinajstić information content (AvgIpc) is 2.62. The third kappa shape index (κ3) is 5.39. The van der Waals surface area contributed by atoms with E-state index in [1.165, 1.54) is 6.07 Å². The van der Waals surface area contributed by atoms with E-state index < -0.39 is 24.5 Å². The molecule has 0 aliphatic carbocycles. The van der Waals surface area contributed by atoms with Crippen molar-refractivity contribution >= 4 is 11.8 Å². The number of aliphatic hydroxyl groups excluding tert-OH is 1. The Kier molecular flexibility index (Phi) is 6.65. The van der Waals surface area contributed by atoms with E-state index in [0.717, 1.165) is 0 Å². The zero-order chi connectivity index (χ0) is 18.2. The Morgan fingerprint density at radius 2 is 1.68 bits per heavy atom. The summed E-state index contributed by atoms with van der Waals surface area (Å²) in [5.74, 6) is -1.30. The highest BCUT2D eigenvalue weighted by molar-refractivity contribution is 5.97. The third-order valence-corrected chi connectivity index (χ3v) is 3.71. The molecule has 2 rings (SSSR count). The van der Waals surface area contributed by atoms with Gasteiger partial charge in [0.15, 0.2) is 0 Å². The number of benzene rings is 2. The number of rotatable bonds is 7. The van der Waals surface area contributed by atoms with Crippen LogP contribution in [0.25, 0.3) is 0 Å². The predicted molar refractivity (Wildman–Crippen MR) is 92.5 cm³/mol. The Balaban J connectivity index is 1.93. The van der Waals surface area contributed by atoms with Crippen LogP contribution in [-0.2, 0) is 11.2 Å². The molecule has 25 heavy (non-hydrogen) atoms. The fourth-order valence-electron chi connectivity index (χ4n) is 2.41. The van der Waals surface area contributed by atoms with E-state index in [4.69, 9.17) is 0 Å². The summed E-state index contributed by atoms with van der Waals surface area (Å²) in [7, 11) is 0. The van der Waals surface area contributed by atoms with Crippen molar-refractivity contribution in [2.45, 2.75) is 25.4 Å². The van der Waals surface area contributed by atoms with Gasteiger partial charge in [-0.3, -0.25) is 9.59 Å². The number of hydrogen-bond acceptors (Lipinski definition) is 3. The normalized spacial score (nSPS) is 12.9. The summed E-state index contributed by atoms with van der Waals surface area (Å²) in [6.45, 7) is 1.20. The van der Waals surface area contributed by atoms with Crippen molar-refractivity contribution in [1.29, 1.82) is 0 Å². The standard InChI is InChI=1S/C19H21FN2O3/c1-13(11-15-9-5-6-10-16(15)20)21-19(25)17(12-23)22-18(24)14-7-3-2-4-8-14/h2-10,13,17,23H,11-12H2,1H3,(H,21,25)(H,22,24)/t13-,17-/m1/s1. The summed E-state index contributed by atoms with van der Waals surface area (Å²) in [6.07, 6.45) is 0.309. The second kappa shape index (κ2) is 8.94. The maximum atomic E-state index is 13.7. The van der Waals surface area contributed by atoms with Crippen LogP contribution in [0.3, 0.4) is 0 Å². The van der Waals surface area contributed by atoms with E-state index in [-0.39, 0.29) is 11.9 Å². The molecule has 0 saturated carbocycles. The van der Waals surface area contributed by atoms with Gasteiger partial charge in [-0.15, -0.1) is 0 Å². The smallest absolute Gasteiger partial charge is 0.251 e. The fraction of sp³-hybridized carbons (Fsp3) is 0.263. The number of hydrogen-bond donors (Lipinski definition) is 3. The zero-order valence-corrected chi connectivity index (χ0v) is 13.9.